The Morgan fingerprint density at radius 2 is 1.21 bits per heavy atom. The Kier molecular flexibility index (Phi) is 17.5. The SMILES string of the molecule is CCOC(=O)[C@H](CCSC)NC(=O)[C@H](Cc1ccccc1)NC(=O)[C@@H](NCCCSC(c1ccccc1)(c1ccccc1)c1ccccc1)[C@@H](C)CC. The van der Waals surface area contributed by atoms with Crippen molar-refractivity contribution < 1.29 is 19.1 Å². The first-order valence-electron chi connectivity index (χ1n) is 18.7. The predicted octanol–water partition coefficient (Wildman–Crippen LogP) is 7.63. The monoisotopic (exact) mass is 753 g/mol. The fourth-order valence-electron chi connectivity index (χ4n) is 6.43. The molecule has 7 nitrogen and oxygen atoms in total. The van der Waals surface area contributed by atoms with Crippen LogP contribution in [0.15, 0.2) is 121 Å². The number of carbonyl (C=O) groups excluding carboxylic acids is 3. The van der Waals surface area contributed by atoms with Crippen molar-refractivity contribution >= 4 is 41.3 Å². The lowest BCUT2D eigenvalue weighted by atomic mass is 9.84. The summed E-state index contributed by atoms with van der Waals surface area (Å²) < 4.78 is 4.85. The van der Waals surface area contributed by atoms with E-state index in [0.717, 1.165) is 24.2 Å². The molecule has 9 heteroatoms. The molecule has 0 fully saturated rings. The van der Waals surface area contributed by atoms with Gasteiger partial charge in [-0.25, -0.2) is 4.79 Å². The lowest BCUT2D eigenvalue weighted by Crippen LogP contribution is -2.57. The molecule has 4 aromatic carbocycles. The van der Waals surface area contributed by atoms with E-state index >= 15 is 0 Å². The lowest BCUT2D eigenvalue weighted by molar-refractivity contribution is -0.147. The van der Waals surface area contributed by atoms with Gasteiger partial charge in [-0.1, -0.05) is 142 Å². The first-order chi connectivity index (χ1) is 25.8. The third-order valence-electron chi connectivity index (χ3n) is 9.45. The first kappa shape index (κ1) is 41.7. The molecule has 2 amide bonds. The van der Waals surface area contributed by atoms with E-state index in [1.807, 2.05) is 48.3 Å². The molecule has 4 atom stereocenters. The average molecular weight is 754 g/mol. The summed E-state index contributed by atoms with van der Waals surface area (Å²) in [5.74, 6) is 0.444. The van der Waals surface area contributed by atoms with E-state index in [1.165, 1.54) is 16.7 Å². The number of thioether (sulfide) groups is 2. The van der Waals surface area contributed by atoms with Gasteiger partial charge in [0.15, 0.2) is 0 Å². The third-order valence-corrected chi connectivity index (χ3v) is 11.7. The van der Waals surface area contributed by atoms with Gasteiger partial charge in [-0.3, -0.25) is 9.59 Å². The van der Waals surface area contributed by atoms with Crippen LogP contribution in [-0.2, 0) is 30.3 Å². The molecule has 53 heavy (non-hydrogen) atoms. The molecule has 0 aliphatic rings. The van der Waals surface area contributed by atoms with E-state index in [4.69, 9.17) is 4.74 Å². The molecule has 0 aromatic heterocycles. The third kappa shape index (κ3) is 12.0. The number of esters is 1. The van der Waals surface area contributed by atoms with Crippen molar-refractivity contribution in [1.29, 1.82) is 0 Å². The Labute approximate surface area is 324 Å². The lowest BCUT2D eigenvalue weighted by Gasteiger charge is -2.35. The van der Waals surface area contributed by atoms with Crippen LogP contribution in [0.5, 0.6) is 0 Å². The summed E-state index contributed by atoms with van der Waals surface area (Å²) in [4.78, 5) is 40.6. The predicted molar refractivity (Wildman–Crippen MR) is 221 cm³/mol. The number of amides is 2. The van der Waals surface area contributed by atoms with Crippen molar-refractivity contribution in [1.82, 2.24) is 16.0 Å². The Morgan fingerprint density at radius 1 is 0.698 bits per heavy atom. The van der Waals surface area contributed by atoms with Crippen LogP contribution in [0, 0.1) is 5.92 Å². The van der Waals surface area contributed by atoms with Crippen LogP contribution < -0.4 is 16.0 Å². The molecule has 0 bridgehead atoms. The maximum atomic E-state index is 14.1. The van der Waals surface area contributed by atoms with E-state index in [2.05, 4.69) is 121 Å². The highest BCUT2D eigenvalue weighted by molar-refractivity contribution is 8.00. The summed E-state index contributed by atoms with van der Waals surface area (Å²) in [7, 11) is 0. The van der Waals surface area contributed by atoms with Gasteiger partial charge in [-0.2, -0.15) is 11.8 Å². The van der Waals surface area contributed by atoms with E-state index < -0.39 is 34.7 Å². The number of ether oxygens (including phenoxy) is 1. The molecule has 0 saturated carbocycles. The molecular weight excluding hydrogens is 699 g/mol. The molecule has 0 unspecified atom stereocenters. The summed E-state index contributed by atoms with van der Waals surface area (Å²) in [5, 5.41) is 9.51. The van der Waals surface area contributed by atoms with E-state index in [9.17, 15) is 14.4 Å². The number of carbonyl (C=O) groups is 3. The summed E-state index contributed by atoms with van der Waals surface area (Å²) in [5.41, 5.74) is 4.56. The minimum atomic E-state index is -0.872. The zero-order valence-electron chi connectivity index (χ0n) is 31.5. The molecule has 282 valence electrons. The van der Waals surface area contributed by atoms with Crippen molar-refractivity contribution in [2.75, 3.05) is 30.9 Å². The van der Waals surface area contributed by atoms with Gasteiger partial charge in [0, 0.05) is 6.42 Å². The van der Waals surface area contributed by atoms with Crippen LogP contribution in [0.2, 0.25) is 0 Å². The van der Waals surface area contributed by atoms with Crippen molar-refractivity contribution in [2.24, 2.45) is 5.92 Å². The van der Waals surface area contributed by atoms with Gasteiger partial charge in [0.25, 0.3) is 0 Å². The summed E-state index contributed by atoms with van der Waals surface area (Å²) in [6.07, 6.45) is 4.29. The molecule has 4 rings (SSSR count). The second-order valence-electron chi connectivity index (χ2n) is 13.1. The number of hydrogen-bond donors (Lipinski definition) is 3. The number of hydrogen-bond acceptors (Lipinski definition) is 7. The molecule has 0 heterocycles. The highest BCUT2D eigenvalue weighted by Crippen LogP contribution is 2.48. The van der Waals surface area contributed by atoms with Crippen molar-refractivity contribution in [3.63, 3.8) is 0 Å². The Balaban J connectivity index is 1.49. The van der Waals surface area contributed by atoms with Gasteiger partial charge in [-0.05, 0) is 72.2 Å². The maximum absolute atomic E-state index is 14.1. The minimum Gasteiger partial charge on any atom is -0.464 e. The molecule has 0 aliphatic carbocycles. The Morgan fingerprint density at radius 3 is 1.70 bits per heavy atom. The van der Waals surface area contributed by atoms with Gasteiger partial charge < -0.3 is 20.7 Å². The normalized spacial score (nSPS) is 13.7. The highest BCUT2D eigenvalue weighted by Gasteiger charge is 2.37. The summed E-state index contributed by atoms with van der Waals surface area (Å²) in [6.45, 7) is 6.72. The Hall–Kier alpha value is -4.05. The van der Waals surface area contributed by atoms with Gasteiger partial charge in [0.2, 0.25) is 11.8 Å². The molecule has 3 N–H and O–H groups in total. The van der Waals surface area contributed by atoms with Crippen LogP contribution in [0.25, 0.3) is 0 Å². The number of nitrogens with one attached hydrogen (secondary N) is 3. The van der Waals surface area contributed by atoms with Crippen LogP contribution in [0.4, 0.5) is 0 Å². The molecule has 0 radical (unpaired) electrons. The standard InChI is InChI=1S/C44H55N3O4S2/c1-5-33(3)40(42(49)47-39(32-34-20-11-7-12-21-34)41(48)46-38(28-31-52-4)43(50)51-6-2)45-29-19-30-53-44(35-22-13-8-14-23-35,36-24-15-9-16-25-36)37-26-17-10-18-27-37/h7-18,20-27,33,38-40,45H,5-6,19,28-32H2,1-4H3,(H,46,48)(H,47,49)/t33-,38-,39-,40-/m0/s1. The topological polar surface area (TPSA) is 96.5 Å². The fourth-order valence-corrected chi connectivity index (χ4v) is 8.41. The van der Waals surface area contributed by atoms with E-state index in [0.29, 0.717) is 25.1 Å². The fraction of sp³-hybridized carbons (Fsp3) is 0.386. The Bertz CT molecular complexity index is 1560. The second kappa shape index (κ2) is 22.2. The molecule has 0 aliphatic heterocycles. The second-order valence-corrected chi connectivity index (χ2v) is 15.4. The van der Waals surface area contributed by atoms with Crippen LogP contribution >= 0.6 is 23.5 Å². The van der Waals surface area contributed by atoms with Gasteiger partial charge in [-0.15, -0.1) is 11.8 Å². The van der Waals surface area contributed by atoms with Gasteiger partial charge >= 0.3 is 5.97 Å². The van der Waals surface area contributed by atoms with Gasteiger partial charge in [0.1, 0.15) is 12.1 Å². The number of rotatable bonds is 22. The molecule has 0 saturated heterocycles. The minimum absolute atomic E-state index is 0.0222. The smallest absolute Gasteiger partial charge is 0.328 e. The molecular formula is C44H55N3O4S2. The van der Waals surface area contributed by atoms with E-state index in [-0.39, 0.29) is 18.4 Å². The van der Waals surface area contributed by atoms with Crippen LogP contribution in [0.1, 0.15) is 62.3 Å². The highest BCUT2D eigenvalue weighted by atomic mass is 32.2. The molecule has 4 aromatic rings. The average Bonchev–Trinajstić information content (AvgIpc) is 3.20. The quantitative estimate of drug-likeness (QED) is 0.0432. The zero-order chi connectivity index (χ0) is 37.9. The summed E-state index contributed by atoms with van der Waals surface area (Å²) in [6, 6.07) is 39.4. The van der Waals surface area contributed by atoms with E-state index in [1.54, 1.807) is 18.7 Å². The molecule has 0 spiro atoms. The van der Waals surface area contributed by atoms with Gasteiger partial charge in [0.05, 0.1) is 17.4 Å². The largest absolute Gasteiger partial charge is 0.464 e. The van der Waals surface area contributed by atoms with Crippen molar-refractivity contribution in [2.45, 2.75) is 69.3 Å². The maximum Gasteiger partial charge on any atom is 0.328 e. The van der Waals surface area contributed by atoms with Crippen LogP contribution in [-0.4, -0.2) is 66.8 Å². The summed E-state index contributed by atoms with van der Waals surface area (Å²) >= 11 is 3.50. The first-order valence-corrected chi connectivity index (χ1v) is 21.1. The van der Waals surface area contributed by atoms with Crippen molar-refractivity contribution in [3.05, 3.63) is 144 Å². The number of benzene rings is 4. The zero-order valence-corrected chi connectivity index (χ0v) is 33.1. The van der Waals surface area contributed by atoms with Crippen LogP contribution in [0.3, 0.4) is 0 Å². The van der Waals surface area contributed by atoms with Crippen molar-refractivity contribution in [3.8, 4) is 0 Å².